The Bertz CT molecular complexity index is 835. The van der Waals surface area contributed by atoms with Gasteiger partial charge in [-0.1, -0.05) is 24.3 Å². The average Bonchev–Trinajstić information content (AvgIpc) is 3.03. The molecule has 0 unspecified atom stereocenters. The molecule has 3 aromatic rings. The molecule has 122 valence electrons. The Hall–Kier alpha value is -2.11. The molecule has 0 saturated carbocycles. The Morgan fingerprint density at radius 2 is 1.96 bits per heavy atom. The van der Waals surface area contributed by atoms with Crippen molar-refractivity contribution < 1.29 is 4.79 Å². The summed E-state index contributed by atoms with van der Waals surface area (Å²) in [5, 5.41) is 0.849. The number of rotatable bonds is 5. The fourth-order valence-corrected chi connectivity index (χ4v) is 3.59. The summed E-state index contributed by atoms with van der Waals surface area (Å²) < 4.78 is 1.13. The van der Waals surface area contributed by atoms with E-state index >= 15 is 0 Å². The van der Waals surface area contributed by atoms with Crippen LogP contribution in [0.3, 0.4) is 0 Å². The molecule has 1 amide bonds. The molecule has 3 rings (SSSR count). The number of benzene rings is 2. The van der Waals surface area contributed by atoms with Crippen molar-refractivity contribution in [2.75, 3.05) is 13.3 Å². The van der Waals surface area contributed by atoms with Gasteiger partial charge in [0.15, 0.2) is 0 Å². The zero-order valence-corrected chi connectivity index (χ0v) is 15.2. The second-order valence-corrected chi connectivity index (χ2v) is 7.34. The SMILES string of the molecule is CSc1ccc(CN(C)C(=O)/C=C/c2nc3ccccc3s2)cc1. The summed E-state index contributed by atoms with van der Waals surface area (Å²) in [7, 11) is 1.81. The van der Waals surface area contributed by atoms with E-state index in [-0.39, 0.29) is 5.91 Å². The minimum atomic E-state index is -0.0248. The highest BCUT2D eigenvalue weighted by atomic mass is 32.2. The Balaban J connectivity index is 1.64. The summed E-state index contributed by atoms with van der Waals surface area (Å²) in [5.41, 5.74) is 2.09. The van der Waals surface area contributed by atoms with Crippen molar-refractivity contribution in [3.05, 3.63) is 65.2 Å². The third kappa shape index (κ3) is 4.04. The molecule has 24 heavy (non-hydrogen) atoms. The third-order valence-electron chi connectivity index (χ3n) is 3.63. The van der Waals surface area contributed by atoms with Crippen LogP contribution in [0.1, 0.15) is 10.6 Å². The van der Waals surface area contributed by atoms with Crippen LogP contribution in [0, 0.1) is 0 Å². The number of carbonyl (C=O) groups is 1. The molecule has 0 radical (unpaired) electrons. The van der Waals surface area contributed by atoms with Gasteiger partial charge in [0.05, 0.1) is 10.2 Å². The molecule has 0 N–H and O–H groups in total. The van der Waals surface area contributed by atoms with Crippen LogP contribution in [0.25, 0.3) is 16.3 Å². The normalized spacial score (nSPS) is 11.2. The first-order chi connectivity index (χ1) is 11.7. The van der Waals surface area contributed by atoms with E-state index in [2.05, 4.69) is 35.5 Å². The van der Waals surface area contributed by atoms with E-state index in [4.69, 9.17) is 0 Å². The van der Waals surface area contributed by atoms with Crippen molar-refractivity contribution in [1.29, 1.82) is 0 Å². The van der Waals surface area contributed by atoms with Gasteiger partial charge in [-0.15, -0.1) is 23.1 Å². The van der Waals surface area contributed by atoms with Crippen molar-refractivity contribution in [2.24, 2.45) is 0 Å². The first kappa shape index (κ1) is 16.7. The van der Waals surface area contributed by atoms with Gasteiger partial charge in [0.2, 0.25) is 5.91 Å². The van der Waals surface area contributed by atoms with Crippen molar-refractivity contribution in [3.8, 4) is 0 Å². The molecule has 2 aromatic carbocycles. The smallest absolute Gasteiger partial charge is 0.246 e. The van der Waals surface area contributed by atoms with Crippen LogP contribution in [0.2, 0.25) is 0 Å². The van der Waals surface area contributed by atoms with Gasteiger partial charge in [0.25, 0.3) is 0 Å². The Morgan fingerprint density at radius 1 is 1.21 bits per heavy atom. The van der Waals surface area contributed by atoms with Crippen LogP contribution in [0.4, 0.5) is 0 Å². The summed E-state index contributed by atoms with van der Waals surface area (Å²) >= 11 is 3.30. The van der Waals surface area contributed by atoms with Crippen molar-refractivity contribution in [2.45, 2.75) is 11.4 Å². The molecule has 1 aromatic heterocycles. The molecule has 0 atom stereocenters. The van der Waals surface area contributed by atoms with Crippen LogP contribution in [0.15, 0.2) is 59.5 Å². The zero-order chi connectivity index (χ0) is 16.9. The summed E-state index contributed by atoms with van der Waals surface area (Å²) in [5.74, 6) is -0.0248. The number of likely N-dealkylation sites (N-methyl/N-ethyl adjacent to an activating group) is 1. The van der Waals surface area contributed by atoms with Gasteiger partial charge in [0, 0.05) is 24.6 Å². The molecule has 0 saturated heterocycles. The quantitative estimate of drug-likeness (QED) is 0.492. The fourth-order valence-electron chi connectivity index (χ4n) is 2.31. The van der Waals surface area contributed by atoms with Gasteiger partial charge < -0.3 is 4.90 Å². The minimum absolute atomic E-state index is 0.0248. The lowest BCUT2D eigenvalue weighted by Crippen LogP contribution is -2.24. The number of fused-ring (bicyclic) bond motifs is 1. The summed E-state index contributed by atoms with van der Waals surface area (Å²) in [4.78, 5) is 19.7. The van der Waals surface area contributed by atoms with E-state index in [9.17, 15) is 4.79 Å². The Kier molecular flexibility index (Phi) is 5.33. The second-order valence-electron chi connectivity index (χ2n) is 5.40. The number of carbonyl (C=O) groups excluding carboxylic acids is 1. The molecular weight excluding hydrogens is 336 g/mol. The van der Waals surface area contributed by atoms with E-state index in [1.54, 1.807) is 40.2 Å². The number of hydrogen-bond donors (Lipinski definition) is 0. The fraction of sp³-hybridized carbons (Fsp3) is 0.158. The van der Waals surface area contributed by atoms with Gasteiger partial charge >= 0.3 is 0 Å². The van der Waals surface area contributed by atoms with Crippen LogP contribution >= 0.6 is 23.1 Å². The average molecular weight is 355 g/mol. The summed E-state index contributed by atoms with van der Waals surface area (Å²) in [6.07, 6.45) is 5.44. The van der Waals surface area contributed by atoms with Crippen molar-refractivity contribution >= 4 is 45.3 Å². The van der Waals surface area contributed by atoms with Gasteiger partial charge in [-0.05, 0) is 42.2 Å². The monoisotopic (exact) mass is 354 g/mol. The topological polar surface area (TPSA) is 33.2 Å². The molecule has 0 aliphatic carbocycles. The number of hydrogen-bond acceptors (Lipinski definition) is 4. The maximum Gasteiger partial charge on any atom is 0.246 e. The highest BCUT2D eigenvalue weighted by molar-refractivity contribution is 7.98. The number of aromatic nitrogens is 1. The Labute approximate surface area is 150 Å². The van der Waals surface area contributed by atoms with E-state index in [0.29, 0.717) is 6.54 Å². The lowest BCUT2D eigenvalue weighted by Gasteiger charge is -2.15. The highest BCUT2D eigenvalue weighted by Gasteiger charge is 2.07. The Morgan fingerprint density at radius 3 is 2.67 bits per heavy atom. The van der Waals surface area contributed by atoms with Gasteiger partial charge in [-0.2, -0.15) is 0 Å². The molecule has 0 fully saturated rings. The molecule has 0 bridgehead atoms. The molecule has 0 spiro atoms. The lowest BCUT2D eigenvalue weighted by atomic mass is 10.2. The zero-order valence-electron chi connectivity index (χ0n) is 13.6. The number of amides is 1. The number of thiazole rings is 1. The lowest BCUT2D eigenvalue weighted by molar-refractivity contribution is -0.125. The maximum atomic E-state index is 12.3. The van der Waals surface area contributed by atoms with E-state index in [1.165, 1.54) is 4.90 Å². The van der Waals surface area contributed by atoms with Crippen LogP contribution in [-0.4, -0.2) is 29.1 Å². The number of thioether (sulfide) groups is 1. The molecule has 0 aliphatic heterocycles. The predicted octanol–water partition coefficient (Wildman–Crippen LogP) is 4.69. The van der Waals surface area contributed by atoms with E-state index in [1.807, 2.05) is 31.3 Å². The second kappa shape index (κ2) is 7.64. The first-order valence-corrected chi connectivity index (χ1v) is 9.61. The molecule has 3 nitrogen and oxygen atoms in total. The van der Waals surface area contributed by atoms with Gasteiger partial charge in [0.1, 0.15) is 5.01 Å². The number of para-hydroxylation sites is 1. The first-order valence-electron chi connectivity index (χ1n) is 7.57. The maximum absolute atomic E-state index is 12.3. The predicted molar refractivity (Wildman–Crippen MR) is 103 cm³/mol. The van der Waals surface area contributed by atoms with E-state index < -0.39 is 0 Å². The molecular formula is C19H18N2OS2. The summed E-state index contributed by atoms with van der Waals surface area (Å²) in [6.45, 7) is 0.595. The molecule has 5 heteroatoms. The highest BCUT2D eigenvalue weighted by Crippen LogP contribution is 2.22. The van der Waals surface area contributed by atoms with Crippen molar-refractivity contribution in [1.82, 2.24) is 9.88 Å². The molecule has 0 aliphatic rings. The standard InChI is InChI=1S/C19H18N2OS2/c1-21(13-14-7-9-15(23-2)10-8-14)19(22)12-11-18-20-16-5-3-4-6-17(16)24-18/h3-12H,13H2,1-2H3/b12-11+. The van der Waals surface area contributed by atoms with Gasteiger partial charge in [-0.3, -0.25) is 4.79 Å². The largest absolute Gasteiger partial charge is 0.338 e. The van der Waals surface area contributed by atoms with Crippen LogP contribution in [-0.2, 0) is 11.3 Å². The van der Waals surface area contributed by atoms with E-state index in [0.717, 1.165) is 20.8 Å². The van der Waals surface area contributed by atoms with Gasteiger partial charge in [-0.25, -0.2) is 4.98 Å². The van der Waals surface area contributed by atoms with Crippen LogP contribution < -0.4 is 0 Å². The molecule has 1 heterocycles. The van der Waals surface area contributed by atoms with Crippen LogP contribution in [0.5, 0.6) is 0 Å². The third-order valence-corrected chi connectivity index (χ3v) is 5.38. The summed E-state index contributed by atoms with van der Waals surface area (Å²) in [6, 6.07) is 16.3. The number of nitrogens with zero attached hydrogens (tertiary/aromatic N) is 2. The minimum Gasteiger partial charge on any atom is -0.338 e. The van der Waals surface area contributed by atoms with Crippen molar-refractivity contribution in [3.63, 3.8) is 0 Å².